The Morgan fingerprint density at radius 1 is 1.20 bits per heavy atom. The number of halogens is 1. The van der Waals surface area contributed by atoms with Gasteiger partial charge in [-0.3, -0.25) is 0 Å². The van der Waals surface area contributed by atoms with E-state index >= 15 is 0 Å². The zero-order valence-corrected chi connectivity index (χ0v) is 12.6. The SMILES string of the molecule is COc1ccc(/C=C(\CO)c2ccc(Br)cc2)c(O)c1. The van der Waals surface area contributed by atoms with Crippen molar-refractivity contribution >= 4 is 27.6 Å². The van der Waals surface area contributed by atoms with E-state index in [9.17, 15) is 10.2 Å². The van der Waals surface area contributed by atoms with Crippen LogP contribution in [0, 0.1) is 0 Å². The fraction of sp³-hybridized carbons (Fsp3) is 0.125. The van der Waals surface area contributed by atoms with Gasteiger partial charge in [0.05, 0.1) is 13.7 Å². The molecule has 0 aliphatic heterocycles. The minimum atomic E-state index is -0.104. The third-order valence-electron chi connectivity index (χ3n) is 2.95. The van der Waals surface area contributed by atoms with E-state index in [-0.39, 0.29) is 12.4 Å². The maximum atomic E-state index is 9.94. The van der Waals surface area contributed by atoms with Crippen LogP contribution in [-0.2, 0) is 0 Å². The first kappa shape index (κ1) is 14.6. The molecule has 4 heteroatoms. The Morgan fingerprint density at radius 2 is 1.90 bits per heavy atom. The highest BCUT2D eigenvalue weighted by Crippen LogP contribution is 2.28. The zero-order chi connectivity index (χ0) is 14.5. The van der Waals surface area contributed by atoms with E-state index in [4.69, 9.17) is 4.74 Å². The molecule has 0 atom stereocenters. The van der Waals surface area contributed by atoms with Crippen LogP contribution in [0.5, 0.6) is 11.5 Å². The molecular formula is C16H15BrO3. The number of aliphatic hydroxyl groups excluding tert-OH is 1. The van der Waals surface area contributed by atoms with Crippen molar-refractivity contribution in [2.75, 3.05) is 13.7 Å². The first-order chi connectivity index (χ1) is 9.63. The Balaban J connectivity index is 2.38. The molecule has 0 spiro atoms. The van der Waals surface area contributed by atoms with Gasteiger partial charge in [0.1, 0.15) is 11.5 Å². The van der Waals surface area contributed by atoms with Crippen LogP contribution in [0.3, 0.4) is 0 Å². The van der Waals surface area contributed by atoms with Crippen LogP contribution in [0.25, 0.3) is 11.6 Å². The Labute approximate surface area is 126 Å². The lowest BCUT2D eigenvalue weighted by molar-refractivity contribution is 0.350. The summed E-state index contributed by atoms with van der Waals surface area (Å²) in [5, 5.41) is 19.5. The minimum absolute atomic E-state index is 0.104. The Hall–Kier alpha value is -1.78. The number of aromatic hydroxyl groups is 1. The van der Waals surface area contributed by atoms with E-state index < -0.39 is 0 Å². The van der Waals surface area contributed by atoms with Gasteiger partial charge in [0.25, 0.3) is 0 Å². The van der Waals surface area contributed by atoms with Crippen LogP contribution in [0.15, 0.2) is 46.9 Å². The summed E-state index contributed by atoms with van der Waals surface area (Å²) in [6, 6.07) is 12.7. The molecule has 20 heavy (non-hydrogen) atoms. The van der Waals surface area contributed by atoms with E-state index in [0.29, 0.717) is 11.3 Å². The number of aliphatic hydroxyl groups is 1. The van der Waals surface area contributed by atoms with Gasteiger partial charge < -0.3 is 14.9 Å². The first-order valence-electron chi connectivity index (χ1n) is 6.08. The maximum absolute atomic E-state index is 9.94. The number of hydrogen-bond donors (Lipinski definition) is 2. The van der Waals surface area contributed by atoms with E-state index in [2.05, 4.69) is 15.9 Å². The van der Waals surface area contributed by atoms with Crippen molar-refractivity contribution in [1.29, 1.82) is 0 Å². The predicted octanol–water partition coefficient (Wildman–Crippen LogP) is 3.70. The van der Waals surface area contributed by atoms with Gasteiger partial charge in [0.15, 0.2) is 0 Å². The fourth-order valence-corrected chi connectivity index (χ4v) is 2.11. The monoisotopic (exact) mass is 334 g/mol. The molecule has 0 aliphatic rings. The molecule has 0 saturated carbocycles. The van der Waals surface area contributed by atoms with Crippen LogP contribution in [0.4, 0.5) is 0 Å². The van der Waals surface area contributed by atoms with Crippen LogP contribution in [0.1, 0.15) is 11.1 Å². The summed E-state index contributed by atoms with van der Waals surface area (Å²) < 4.78 is 6.02. The third kappa shape index (κ3) is 3.40. The van der Waals surface area contributed by atoms with Crippen molar-refractivity contribution in [1.82, 2.24) is 0 Å². The first-order valence-corrected chi connectivity index (χ1v) is 6.87. The minimum Gasteiger partial charge on any atom is -0.507 e. The molecule has 0 aromatic heterocycles. The average molecular weight is 335 g/mol. The largest absolute Gasteiger partial charge is 0.507 e. The zero-order valence-electron chi connectivity index (χ0n) is 11.0. The predicted molar refractivity (Wildman–Crippen MR) is 83.8 cm³/mol. The molecule has 0 aliphatic carbocycles. The lowest BCUT2D eigenvalue weighted by atomic mass is 10.0. The molecule has 0 radical (unpaired) electrons. The number of phenols is 1. The number of rotatable bonds is 4. The topological polar surface area (TPSA) is 49.7 Å². The average Bonchev–Trinajstić information content (AvgIpc) is 2.47. The van der Waals surface area contributed by atoms with E-state index in [1.54, 1.807) is 31.4 Å². The van der Waals surface area contributed by atoms with Crippen LogP contribution < -0.4 is 4.74 Å². The number of ether oxygens (including phenoxy) is 1. The quantitative estimate of drug-likeness (QED) is 0.838. The lowest BCUT2D eigenvalue weighted by Crippen LogP contribution is -1.91. The van der Waals surface area contributed by atoms with Crippen molar-refractivity contribution < 1.29 is 14.9 Å². The summed E-state index contributed by atoms with van der Waals surface area (Å²) in [5.41, 5.74) is 2.28. The van der Waals surface area contributed by atoms with Crippen molar-refractivity contribution in [2.45, 2.75) is 0 Å². The summed E-state index contributed by atoms with van der Waals surface area (Å²) in [5.74, 6) is 0.709. The second kappa shape index (κ2) is 6.59. The van der Waals surface area contributed by atoms with Crippen molar-refractivity contribution in [3.63, 3.8) is 0 Å². The molecule has 0 heterocycles. The molecule has 0 amide bonds. The molecule has 2 N–H and O–H groups in total. The van der Waals surface area contributed by atoms with Gasteiger partial charge in [0, 0.05) is 16.1 Å². The van der Waals surface area contributed by atoms with E-state index in [1.165, 1.54) is 0 Å². The second-order valence-electron chi connectivity index (χ2n) is 4.26. The number of phenolic OH excluding ortho intramolecular Hbond substituents is 1. The Kier molecular flexibility index (Phi) is 4.82. The highest BCUT2D eigenvalue weighted by Gasteiger charge is 2.05. The molecule has 0 bridgehead atoms. The molecule has 104 valence electrons. The molecule has 2 aromatic carbocycles. The molecule has 0 fully saturated rings. The summed E-state index contributed by atoms with van der Waals surface area (Å²) >= 11 is 3.37. The van der Waals surface area contributed by atoms with E-state index in [0.717, 1.165) is 15.6 Å². The standard InChI is InChI=1S/C16H15BrO3/c1-20-15-7-4-12(16(19)9-15)8-13(10-18)11-2-5-14(17)6-3-11/h2-9,18-19H,10H2,1H3/b13-8+. The summed E-state index contributed by atoms with van der Waals surface area (Å²) in [7, 11) is 1.55. The van der Waals surface area contributed by atoms with Gasteiger partial charge in [0.2, 0.25) is 0 Å². The summed E-state index contributed by atoms with van der Waals surface area (Å²) in [6.07, 6.45) is 1.76. The highest BCUT2D eigenvalue weighted by molar-refractivity contribution is 9.10. The summed E-state index contributed by atoms with van der Waals surface area (Å²) in [4.78, 5) is 0. The molecular weight excluding hydrogens is 320 g/mol. The molecule has 0 unspecified atom stereocenters. The van der Waals surface area contributed by atoms with Crippen LogP contribution in [-0.4, -0.2) is 23.9 Å². The Morgan fingerprint density at radius 3 is 2.45 bits per heavy atom. The van der Waals surface area contributed by atoms with Crippen molar-refractivity contribution in [3.05, 3.63) is 58.1 Å². The van der Waals surface area contributed by atoms with Crippen molar-refractivity contribution in [3.8, 4) is 11.5 Å². The lowest BCUT2D eigenvalue weighted by Gasteiger charge is -2.07. The van der Waals surface area contributed by atoms with Crippen LogP contribution >= 0.6 is 15.9 Å². The molecule has 0 saturated heterocycles. The molecule has 2 rings (SSSR count). The summed E-state index contributed by atoms with van der Waals surface area (Å²) in [6.45, 7) is -0.104. The number of hydrogen-bond acceptors (Lipinski definition) is 3. The van der Waals surface area contributed by atoms with E-state index in [1.807, 2.05) is 24.3 Å². The fourth-order valence-electron chi connectivity index (χ4n) is 1.84. The van der Waals surface area contributed by atoms with Gasteiger partial charge in [-0.2, -0.15) is 0 Å². The van der Waals surface area contributed by atoms with Crippen molar-refractivity contribution in [2.24, 2.45) is 0 Å². The number of benzene rings is 2. The highest BCUT2D eigenvalue weighted by atomic mass is 79.9. The molecule has 3 nitrogen and oxygen atoms in total. The van der Waals surface area contributed by atoms with Gasteiger partial charge >= 0.3 is 0 Å². The van der Waals surface area contributed by atoms with Gasteiger partial charge in [-0.25, -0.2) is 0 Å². The third-order valence-corrected chi connectivity index (χ3v) is 3.48. The smallest absolute Gasteiger partial charge is 0.126 e. The van der Waals surface area contributed by atoms with Gasteiger partial charge in [-0.1, -0.05) is 28.1 Å². The molecule has 2 aromatic rings. The Bertz CT molecular complexity index is 618. The van der Waals surface area contributed by atoms with Crippen LogP contribution in [0.2, 0.25) is 0 Å². The second-order valence-corrected chi connectivity index (χ2v) is 5.18. The number of methoxy groups -OCH3 is 1. The van der Waals surface area contributed by atoms with Gasteiger partial charge in [-0.05, 0) is 41.5 Å². The maximum Gasteiger partial charge on any atom is 0.126 e. The van der Waals surface area contributed by atoms with Gasteiger partial charge in [-0.15, -0.1) is 0 Å². The normalized spacial score (nSPS) is 11.4.